The molecule has 3 rings (SSSR count). The third-order valence-corrected chi connectivity index (χ3v) is 5.04. The number of carbonyl (C=O) groups excluding carboxylic acids is 1. The molecule has 0 atom stereocenters. The number of nitrogens with one attached hydrogen (secondary N) is 1. The molecule has 2 aromatic carbocycles. The van der Waals surface area contributed by atoms with Crippen LogP contribution in [0.3, 0.4) is 0 Å². The van der Waals surface area contributed by atoms with Crippen LogP contribution in [-0.4, -0.2) is 34.1 Å². The van der Waals surface area contributed by atoms with E-state index in [0.29, 0.717) is 36.9 Å². The van der Waals surface area contributed by atoms with E-state index in [2.05, 4.69) is 0 Å². The monoisotopic (exact) mass is 377 g/mol. The molecule has 1 N–H and O–H groups in total. The fraction of sp³-hybridized carbons (Fsp3) is 0.278. The first-order valence-corrected chi connectivity index (χ1v) is 9.57. The number of rotatable bonds is 5. The molecule has 26 heavy (non-hydrogen) atoms. The molecule has 2 aromatic rings. The summed E-state index contributed by atoms with van der Waals surface area (Å²) in [5, 5.41) is 0. The van der Waals surface area contributed by atoms with Crippen LogP contribution in [0.25, 0.3) is 0 Å². The van der Waals surface area contributed by atoms with E-state index in [1.54, 1.807) is 12.1 Å². The molecule has 8 heteroatoms. The Kier molecular flexibility index (Phi) is 5.32. The summed E-state index contributed by atoms with van der Waals surface area (Å²) in [5.74, 6) is 0.542. The van der Waals surface area contributed by atoms with Crippen LogP contribution in [0.15, 0.2) is 47.4 Å². The fourth-order valence-electron chi connectivity index (χ4n) is 2.33. The molecule has 1 heterocycles. The second-order valence-corrected chi connectivity index (χ2v) is 7.47. The van der Waals surface area contributed by atoms with E-state index in [4.69, 9.17) is 14.2 Å². The van der Waals surface area contributed by atoms with Crippen molar-refractivity contribution in [3.63, 3.8) is 0 Å². The van der Waals surface area contributed by atoms with Crippen LogP contribution in [0.1, 0.15) is 12.0 Å². The number of hydrogen-bond acceptors (Lipinski definition) is 6. The molecule has 0 radical (unpaired) electrons. The van der Waals surface area contributed by atoms with Crippen molar-refractivity contribution in [1.82, 2.24) is 4.72 Å². The van der Waals surface area contributed by atoms with Gasteiger partial charge in [0.1, 0.15) is 5.75 Å². The summed E-state index contributed by atoms with van der Waals surface area (Å²) >= 11 is 0. The fourth-order valence-corrected chi connectivity index (χ4v) is 3.32. The maximum absolute atomic E-state index is 12.4. The summed E-state index contributed by atoms with van der Waals surface area (Å²) in [5.41, 5.74) is 1.05. The zero-order valence-electron chi connectivity index (χ0n) is 14.2. The predicted octanol–water partition coefficient (Wildman–Crippen LogP) is 2.04. The molecule has 1 aliphatic rings. The highest BCUT2D eigenvalue weighted by Crippen LogP contribution is 2.31. The summed E-state index contributed by atoms with van der Waals surface area (Å²) in [6, 6.07) is 11.3. The van der Waals surface area contributed by atoms with Crippen LogP contribution in [0.4, 0.5) is 0 Å². The second kappa shape index (κ2) is 7.65. The van der Waals surface area contributed by atoms with E-state index >= 15 is 0 Å². The van der Waals surface area contributed by atoms with Crippen molar-refractivity contribution in [2.45, 2.75) is 18.2 Å². The van der Waals surface area contributed by atoms with Gasteiger partial charge < -0.3 is 14.2 Å². The minimum absolute atomic E-state index is 0.0783. The molecule has 138 valence electrons. The number of carbonyl (C=O) groups is 1. The van der Waals surface area contributed by atoms with Crippen molar-refractivity contribution in [3.05, 3.63) is 48.0 Å². The van der Waals surface area contributed by atoms with Gasteiger partial charge in [-0.1, -0.05) is 17.7 Å². The van der Waals surface area contributed by atoms with Crippen LogP contribution >= 0.6 is 0 Å². The minimum Gasteiger partial charge on any atom is -0.490 e. The molecule has 0 fully saturated rings. The van der Waals surface area contributed by atoms with E-state index in [9.17, 15) is 13.2 Å². The Morgan fingerprint density at radius 3 is 2.50 bits per heavy atom. The van der Waals surface area contributed by atoms with Gasteiger partial charge in [-0.3, -0.25) is 4.79 Å². The third kappa shape index (κ3) is 4.45. The molecule has 1 amide bonds. The zero-order valence-corrected chi connectivity index (χ0v) is 15.0. The Morgan fingerprint density at radius 1 is 1.08 bits per heavy atom. The molecule has 0 bridgehead atoms. The zero-order chi connectivity index (χ0) is 18.6. The number of ether oxygens (including phenoxy) is 3. The Morgan fingerprint density at radius 2 is 1.77 bits per heavy atom. The number of fused-ring (bicyclic) bond motifs is 1. The van der Waals surface area contributed by atoms with Crippen LogP contribution in [0, 0.1) is 6.92 Å². The Labute approximate surface area is 151 Å². The SMILES string of the molecule is Cc1ccc(OCC(=O)NS(=O)(=O)c2ccc3c(c2)OCCCO3)cc1. The van der Waals surface area contributed by atoms with Crippen LogP contribution in [-0.2, 0) is 14.8 Å². The lowest BCUT2D eigenvalue weighted by molar-refractivity contribution is -0.121. The number of hydrogen-bond donors (Lipinski definition) is 1. The number of benzene rings is 2. The van der Waals surface area contributed by atoms with E-state index in [1.807, 2.05) is 23.8 Å². The van der Waals surface area contributed by atoms with Gasteiger partial charge >= 0.3 is 0 Å². The van der Waals surface area contributed by atoms with E-state index < -0.39 is 22.5 Å². The second-order valence-electron chi connectivity index (χ2n) is 5.79. The molecule has 0 spiro atoms. The summed E-state index contributed by atoms with van der Waals surface area (Å²) in [7, 11) is -4.03. The minimum atomic E-state index is -4.03. The van der Waals surface area contributed by atoms with Crippen molar-refractivity contribution in [2.24, 2.45) is 0 Å². The lowest BCUT2D eigenvalue weighted by Gasteiger charge is -2.11. The predicted molar refractivity (Wildman–Crippen MR) is 94.1 cm³/mol. The highest BCUT2D eigenvalue weighted by Gasteiger charge is 2.21. The van der Waals surface area contributed by atoms with E-state index in [0.717, 1.165) is 5.56 Å². The summed E-state index contributed by atoms with van der Waals surface area (Å²) in [6.45, 7) is 2.46. The van der Waals surface area contributed by atoms with Gasteiger partial charge in [-0.05, 0) is 31.2 Å². The first-order chi connectivity index (χ1) is 12.4. The summed E-state index contributed by atoms with van der Waals surface area (Å²) < 4.78 is 43.0. The number of aryl methyl sites for hydroxylation is 1. The lowest BCUT2D eigenvalue weighted by atomic mass is 10.2. The Balaban J connectivity index is 1.65. The molecule has 1 aliphatic heterocycles. The maximum Gasteiger partial charge on any atom is 0.271 e. The number of amides is 1. The molecular formula is C18H19NO6S. The first kappa shape index (κ1) is 18.1. The molecule has 7 nitrogen and oxygen atoms in total. The van der Waals surface area contributed by atoms with Crippen molar-refractivity contribution < 1.29 is 27.4 Å². The molecule has 0 aliphatic carbocycles. The molecular weight excluding hydrogens is 358 g/mol. The first-order valence-electron chi connectivity index (χ1n) is 8.09. The number of sulfonamides is 1. The maximum atomic E-state index is 12.4. The smallest absolute Gasteiger partial charge is 0.271 e. The van der Waals surface area contributed by atoms with Crippen LogP contribution in [0.2, 0.25) is 0 Å². The largest absolute Gasteiger partial charge is 0.490 e. The quantitative estimate of drug-likeness (QED) is 0.857. The molecule has 0 unspecified atom stereocenters. The Bertz CT molecular complexity index is 892. The van der Waals surface area contributed by atoms with Crippen molar-refractivity contribution in [2.75, 3.05) is 19.8 Å². The molecule has 0 saturated carbocycles. The van der Waals surface area contributed by atoms with E-state index in [1.165, 1.54) is 18.2 Å². The van der Waals surface area contributed by atoms with Gasteiger partial charge in [0.05, 0.1) is 18.1 Å². The van der Waals surface area contributed by atoms with E-state index in [-0.39, 0.29) is 4.90 Å². The molecule has 0 aromatic heterocycles. The van der Waals surface area contributed by atoms with Gasteiger partial charge in [0, 0.05) is 12.5 Å². The normalized spacial score (nSPS) is 13.6. The van der Waals surface area contributed by atoms with Crippen molar-refractivity contribution >= 4 is 15.9 Å². The van der Waals surface area contributed by atoms with Gasteiger partial charge in [-0.2, -0.15) is 0 Å². The highest BCUT2D eigenvalue weighted by atomic mass is 32.2. The van der Waals surface area contributed by atoms with Gasteiger partial charge in [-0.15, -0.1) is 0 Å². The van der Waals surface area contributed by atoms with Gasteiger partial charge in [0.2, 0.25) is 0 Å². The lowest BCUT2D eigenvalue weighted by Crippen LogP contribution is -2.34. The summed E-state index contributed by atoms with van der Waals surface area (Å²) in [6.07, 6.45) is 0.712. The summed E-state index contributed by atoms with van der Waals surface area (Å²) in [4.78, 5) is 11.9. The van der Waals surface area contributed by atoms with Crippen LogP contribution < -0.4 is 18.9 Å². The van der Waals surface area contributed by atoms with Crippen molar-refractivity contribution in [1.29, 1.82) is 0 Å². The van der Waals surface area contributed by atoms with Gasteiger partial charge in [0.25, 0.3) is 15.9 Å². The average molecular weight is 377 g/mol. The van der Waals surface area contributed by atoms with Crippen molar-refractivity contribution in [3.8, 4) is 17.2 Å². The standard InChI is InChI=1S/C18H19NO6S/c1-13-3-5-14(6-4-13)25-12-18(20)19-26(21,22)15-7-8-16-17(11-15)24-10-2-9-23-16/h3-8,11H,2,9-10,12H2,1H3,(H,19,20). The topological polar surface area (TPSA) is 90.9 Å². The van der Waals surface area contributed by atoms with Gasteiger partial charge in [-0.25, -0.2) is 13.1 Å². The van der Waals surface area contributed by atoms with Gasteiger partial charge in [0.15, 0.2) is 18.1 Å². The Hall–Kier alpha value is -2.74. The highest BCUT2D eigenvalue weighted by molar-refractivity contribution is 7.90. The van der Waals surface area contributed by atoms with Crippen LogP contribution in [0.5, 0.6) is 17.2 Å². The average Bonchev–Trinajstić information content (AvgIpc) is 2.85. The third-order valence-electron chi connectivity index (χ3n) is 3.67. The molecule has 0 saturated heterocycles.